The summed E-state index contributed by atoms with van der Waals surface area (Å²) in [7, 11) is 1.43. The van der Waals surface area contributed by atoms with Crippen molar-refractivity contribution in [2.75, 3.05) is 33.4 Å². The van der Waals surface area contributed by atoms with Gasteiger partial charge in [0.15, 0.2) is 6.54 Å². The summed E-state index contributed by atoms with van der Waals surface area (Å²) in [5, 5.41) is 3.01. The van der Waals surface area contributed by atoms with E-state index in [2.05, 4.69) is 5.32 Å². The van der Waals surface area contributed by atoms with Gasteiger partial charge in [-0.3, -0.25) is 9.59 Å². The zero-order valence-corrected chi connectivity index (χ0v) is 17.0. The molecule has 0 unspecified atom stereocenters. The fraction of sp³-hybridized carbons (Fsp3) is 0.619. The van der Waals surface area contributed by atoms with Crippen molar-refractivity contribution < 1.29 is 28.7 Å². The van der Waals surface area contributed by atoms with Crippen LogP contribution >= 0.6 is 0 Å². The number of carbonyl (C=O) groups is 2. The molecule has 0 spiro atoms. The first kappa shape index (κ1) is 20.5. The van der Waals surface area contributed by atoms with Crippen LogP contribution in [-0.2, 0) is 27.3 Å². The van der Waals surface area contributed by atoms with Crippen LogP contribution in [0.2, 0.25) is 0 Å². The quantitative estimate of drug-likeness (QED) is 0.662. The van der Waals surface area contributed by atoms with Gasteiger partial charge in [0.1, 0.15) is 17.6 Å². The summed E-state index contributed by atoms with van der Waals surface area (Å²) in [6.07, 6.45) is 2.59. The van der Waals surface area contributed by atoms with Gasteiger partial charge in [-0.2, -0.15) is 0 Å². The molecular weight excluding hydrogens is 360 g/mol. The third-order valence-corrected chi connectivity index (χ3v) is 5.49. The highest BCUT2D eigenvalue weighted by Gasteiger charge is 2.29. The molecule has 2 heterocycles. The van der Waals surface area contributed by atoms with Crippen LogP contribution < -0.4 is 19.7 Å². The number of benzene rings is 1. The Labute approximate surface area is 166 Å². The highest BCUT2D eigenvalue weighted by Crippen LogP contribution is 2.35. The van der Waals surface area contributed by atoms with E-state index in [-0.39, 0.29) is 23.9 Å². The van der Waals surface area contributed by atoms with Crippen molar-refractivity contribution in [3.05, 3.63) is 23.3 Å². The summed E-state index contributed by atoms with van der Waals surface area (Å²) in [5.41, 5.74) is 2.09. The van der Waals surface area contributed by atoms with Crippen molar-refractivity contribution in [3.8, 4) is 11.5 Å². The molecule has 0 aliphatic carbocycles. The molecule has 1 amide bonds. The van der Waals surface area contributed by atoms with Gasteiger partial charge in [0.05, 0.1) is 32.7 Å². The molecule has 1 atom stereocenters. The van der Waals surface area contributed by atoms with Crippen LogP contribution in [0.15, 0.2) is 12.1 Å². The Balaban J connectivity index is 1.52. The molecule has 2 aliphatic rings. The number of esters is 1. The van der Waals surface area contributed by atoms with Crippen LogP contribution in [0.1, 0.15) is 37.8 Å². The van der Waals surface area contributed by atoms with E-state index in [0.717, 1.165) is 55.0 Å². The average Bonchev–Trinajstić information content (AvgIpc) is 3.05. The van der Waals surface area contributed by atoms with Gasteiger partial charge in [-0.05, 0) is 26.0 Å². The fourth-order valence-electron chi connectivity index (χ4n) is 4.00. The minimum atomic E-state index is -0.139. The average molecular weight is 391 g/mol. The van der Waals surface area contributed by atoms with Crippen molar-refractivity contribution in [1.82, 2.24) is 5.32 Å². The first-order valence-corrected chi connectivity index (χ1v) is 10.1. The number of quaternary nitrogens is 1. The molecule has 1 saturated heterocycles. The predicted molar refractivity (Wildman–Crippen MR) is 104 cm³/mol. The number of hydrogen-bond donors (Lipinski definition) is 2. The number of piperidine rings is 1. The molecule has 0 bridgehead atoms. The minimum Gasteiger partial charge on any atom is -0.494 e. The number of amides is 1. The SMILES string of the molecule is CCOc1cc2c(cc1CNC(=O)C[NH+]1CCC(C(=O)OC)CC1)O[C@@H](C)C2. The second-order valence-electron chi connectivity index (χ2n) is 7.63. The van der Waals surface area contributed by atoms with Gasteiger partial charge in [-0.15, -0.1) is 0 Å². The molecule has 1 aromatic rings. The Bertz CT molecular complexity index is 713. The Hall–Kier alpha value is -2.28. The van der Waals surface area contributed by atoms with Crippen LogP contribution in [0, 0.1) is 5.92 Å². The van der Waals surface area contributed by atoms with Gasteiger partial charge in [0.25, 0.3) is 5.91 Å². The number of ether oxygens (including phenoxy) is 3. The van der Waals surface area contributed by atoms with E-state index in [4.69, 9.17) is 14.2 Å². The van der Waals surface area contributed by atoms with Crippen LogP contribution in [0.5, 0.6) is 11.5 Å². The van der Waals surface area contributed by atoms with Crippen LogP contribution in [0.3, 0.4) is 0 Å². The lowest BCUT2D eigenvalue weighted by atomic mass is 9.97. The number of methoxy groups -OCH3 is 1. The molecule has 1 aromatic carbocycles. The monoisotopic (exact) mass is 391 g/mol. The fourth-order valence-corrected chi connectivity index (χ4v) is 4.00. The molecule has 0 radical (unpaired) electrons. The Morgan fingerprint density at radius 2 is 2.04 bits per heavy atom. The van der Waals surface area contributed by atoms with Crippen molar-refractivity contribution in [1.29, 1.82) is 0 Å². The molecule has 3 rings (SSSR count). The normalized spacial score (nSPS) is 23.5. The van der Waals surface area contributed by atoms with Crippen LogP contribution in [0.4, 0.5) is 0 Å². The highest BCUT2D eigenvalue weighted by atomic mass is 16.5. The summed E-state index contributed by atoms with van der Waals surface area (Å²) < 4.78 is 16.4. The molecule has 2 N–H and O–H groups in total. The van der Waals surface area contributed by atoms with Gasteiger partial charge in [0, 0.05) is 36.9 Å². The van der Waals surface area contributed by atoms with Gasteiger partial charge in [-0.25, -0.2) is 0 Å². The maximum absolute atomic E-state index is 12.4. The van der Waals surface area contributed by atoms with Crippen molar-refractivity contribution >= 4 is 11.9 Å². The molecule has 2 aliphatic heterocycles. The summed E-state index contributed by atoms with van der Waals surface area (Å²) >= 11 is 0. The van der Waals surface area contributed by atoms with Crippen LogP contribution in [-0.4, -0.2) is 51.3 Å². The topological polar surface area (TPSA) is 78.3 Å². The number of likely N-dealkylation sites (tertiary alicyclic amines) is 1. The number of hydrogen-bond acceptors (Lipinski definition) is 5. The van der Waals surface area contributed by atoms with Crippen molar-refractivity contribution in [2.45, 2.75) is 45.8 Å². The zero-order chi connectivity index (χ0) is 20.1. The van der Waals surface area contributed by atoms with Gasteiger partial charge >= 0.3 is 5.97 Å². The minimum absolute atomic E-state index is 0.00347. The maximum Gasteiger partial charge on any atom is 0.309 e. The molecule has 28 heavy (non-hydrogen) atoms. The van der Waals surface area contributed by atoms with E-state index in [1.807, 2.05) is 26.0 Å². The molecule has 7 heteroatoms. The Morgan fingerprint density at radius 1 is 1.29 bits per heavy atom. The molecule has 7 nitrogen and oxygen atoms in total. The summed E-state index contributed by atoms with van der Waals surface area (Å²) in [6.45, 7) is 7.02. The maximum atomic E-state index is 12.4. The standard InChI is InChI=1S/C21H30N2O5/c1-4-27-18-10-16-9-14(2)28-19(16)11-17(18)12-22-20(24)13-23-7-5-15(6-8-23)21(25)26-3/h10-11,14-15H,4-9,12-13H2,1-3H3,(H,22,24)/p+1/t14-/m0/s1. The Morgan fingerprint density at radius 3 is 2.71 bits per heavy atom. The van der Waals surface area contributed by atoms with E-state index in [1.54, 1.807) is 0 Å². The van der Waals surface area contributed by atoms with Crippen molar-refractivity contribution in [3.63, 3.8) is 0 Å². The number of nitrogens with one attached hydrogen (secondary N) is 2. The molecule has 0 saturated carbocycles. The lowest BCUT2D eigenvalue weighted by Crippen LogP contribution is -3.14. The third-order valence-electron chi connectivity index (χ3n) is 5.49. The summed E-state index contributed by atoms with van der Waals surface area (Å²) in [6, 6.07) is 4.02. The second kappa shape index (κ2) is 9.28. The molecular formula is C21H31N2O5+. The Kier molecular flexibility index (Phi) is 6.78. The highest BCUT2D eigenvalue weighted by molar-refractivity contribution is 5.77. The van der Waals surface area contributed by atoms with E-state index in [9.17, 15) is 9.59 Å². The van der Waals surface area contributed by atoms with E-state index >= 15 is 0 Å². The first-order chi connectivity index (χ1) is 13.5. The number of fused-ring (bicyclic) bond motifs is 1. The molecule has 154 valence electrons. The number of rotatable bonds is 7. The smallest absolute Gasteiger partial charge is 0.309 e. The van der Waals surface area contributed by atoms with Gasteiger partial charge in [-0.1, -0.05) is 0 Å². The van der Waals surface area contributed by atoms with Gasteiger partial charge < -0.3 is 24.4 Å². The van der Waals surface area contributed by atoms with E-state index in [1.165, 1.54) is 12.0 Å². The van der Waals surface area contributed by atoms with Crippen LogP contribution in [0.25, 0.3) is 0 Å². The third kappa shape index (κ3) is 4.95. The number of carbonyl (C=O) groups excluding carboxylic acids is 2. The van der Waals surface area contributed by atoms with E-state index in [0.29, 0.717) is 19.7 Å². The lowest BCUT2D eigenvalue weighted by Gasteiger charge is -2.27. The second-order valence-corrected chi connectivity index (χ2v) is 7.63. The lowest BCUT2D eigenvalue weighted by molar-refractivity contribution is -0.897. The zero-order valence-electron chi connectivity index (χ0n) is 17.0. The predicted octanol–water partition coefficient (Wildman–Crippen LogP) is 0.493. The van der Waals surface area contributed by atoms with E-state index < -0.39 is 0 Å². The van der Waals surface area contributed by atoms with Gasteiger partial charge in [0.2, 0.25) is 0 Å². The molecule has 0 aromatic heterocycles. The van der Waals surface area contributed by atoms with Crippen molar-refractivity contribution in [2.24, 2.45) is 5.92 Å². The molecule has 1 fully saturated rings. The summed E-state index contributed by atoms with van der Waals surface area (Å²) in [4.78, 5) is 25.2. The summed E-state index contributed by atoms with van der Waals surface area (Å²) in [5.74, 6) is 1.53. The first-order valence-electron chi connectivity index (χ1n) is 10.1. The largest absolute Gasteiger partial charge is 0.494 e.